The molecule has 2 unspecified atom stereocenters. The number of nitrogens with two attached hydrogens (primary N) is 1. The Morgan fingerprint density at radius 1 is 1.03 bits per heavy atom. The lowest BCUT2D eigenvalue weighted by atomic mass is 9.40. The first-order chi connectivity index (χ1) is 14.9. The summed E-state index contributed by atoms with van der Waals surface area (Å²) in [5.74, 6) is 1.47. The van der Waals surface area contributed by atoms with Gasteiger partial charge in [-0.1, -0.05) is 42.5 Å². The molecule has 0 heterocycles. The topological polar surface area (TPSA) is 38.0 Å². The molecule has 3 N–H and O–H groups in total. The summed E-state index contributed by atoms with van der Waals surface area (Å²) >= 11 is 6.14. The Balaban J connectivity index is 1.40. The molecule has 0 radical (unpaired) electrons. The molecule has 1 aromatic carbocycles. The molecule has 31 heavy (non-hydrogen) atoms. The molecule has 0 saturated heterocycles. The zero-order valence-corrected chi connectivity index (χ0v) is 19.2. The van der Waals surface area contributed by atoms with Gasteiger partial charge in [0.25, 0.3) is 0 Å². The quantitative estimate of drug-likeness (QED) is 0.528. The van der Waals surface area contributed by atoms with Gasteiger partial charge in [0.1, 0.15) is 0 Å². The number of rotatable bonds is 6. The van der Waals surface area contributed by atoms with Crippen LogP contribution in [-0.4, -0.2) is 23.5 Å². The SMILES string of the molecule is N[C@H]1CC[C@H](NC(=S)C23CC4CC(c5ccccc5)(CC(C2)C4CCC(F)F)C3)CC1. The van der Waals surface area contributed by atoms with Crippen LogP contribution in [-0.2, 0) is 5.41 Å². The van der Waals surface area contributed by atoms with Gasteiger partial charge < -0.3 is 11.1 Å². The van der Waals surface area contributed by atoms with Gasteiger partial charge in [-0.25, -0.2) is 8.78 Å². The Labute approximate surface area is 190 Å². The summed E-state index contributed by atoms with van der Waals surface area (Å²) in [7, 11) is 0. The lowest BCUT2D eigenvalue weighted by Gasteiger charge is -2.65. The molecule has 6 rings (SSSR count). The van der Waals surface area contributed by atoms with Crippen molar-refractivity contribution in [3.63, 3.8) is 0 Å². The van der Waals surface area contributed by atoms with Gasteiger partial charge in [-0.3, -0.25) is 0 Å². The fourth-order valence-electron chi connectivity index (χ4n) is 8.03. The summed E-state index contributed by atoms with van der Waals surface area (Å²) in [6.45, 7) is 0. The molecule has 0 aliphatic heterocycles. The molecule has 170 valence electrons. The maximum absolute atomic E-state index is 13.0. The van der Waals surface area contributed by atoms with Crippen LogP contribution < -0.4 is 11.1 Å². The summed E-state index contributed by atoms with van der Waals surface area (Å²) in [6.07, 6.45) is 8.47. The molecule has 1 aromatic rings. The molecular weight excluding hydrogens is 410 g/mol. The van der Waals surface area contributed by atoms with E-state index in [9.17, 15) is 8.78 Å². The average Bonchev–Trinajstić information content (AvgIpc) is 2.75. The van der Waals surface area contributed by atoms with E-state index in [2.05, 4.69) is 35.6 Å². The third kappa shape index (κ3) is 4.06. The second kappa shape index (κ2) is 8.37. The summed E-state index contributed by atoms with van der Waals surface area (Å²) in [4.78, 5) is 1.06. The first-order valence-electron chi connectivity index (χ1n) is 12.3. The van der Waals surface area contributed by atoms with E-state index in [0.717, 1.165) is 62.8 Å². The van der Waals surface area contributed by atoms with Crippen LogP contribution >= 0.6 is 12.2 Å². The minimum absolute atomic E-state index is 0.0396. The van der Waals surface area contributed by atoms with Crippen molar-refractivity contribution in [1.82, 2.24) is 5.32 Å². The highest BCUT2D eigenvalue weighted by Gasteiger charge is 2.62. The van der Waals surface area contributed by atoms with Crippen LogP contribution in [0.25, 0.3) is 0 Å². The Kier molecular flexibility index (Phi) is 5.87. The van der Waals surface area contributed by atoms with Gasteiger partial charge in [-0.05, 0) is 92.9 Å². The third-order valence-electron chi connectivity index (χ3n) is 9.19. The van der Waals surface area contributed by atoms with Crippen LogP contribution in [0.15, 0.2) is 30.3 Å². The second-order valence-corrected chi connectivity index (χ2v) is 11.6. The van der Waals surface area contributed by atoms with Crippen molar-refractivity contribution in [1.29, 1.82) is 0 Å². The fourth-order valence-corrected chi connectivity index (χ4v) is 8.44. The van der Waals surface area contributed by atoms with Crippen molar-refractivity contribution < 1.29 is 8.78 Å². The van der Waals surface area contributed by atoms with E-state index >= 15 is 0 Å². The number of benzene rings is 1. The van der Waals surface area contributed by atoms with Gasteiger partial charge in [0.2, 0.25) is 6.43 Å². The number of hydrogen-bond acceptors (Lipinski definition) is 2. The smallest absolute Gasteiger partial charge is 0.238 e. The highest BCUT2D eigenvalue weighted by molar-refractivity contribution is 7.80. The zero-order chi connectivity index (χ0) is 21.6. The predicted molar refractivity (Wildman–Crippen MR) is 125 cm³/mol. The van der Waals surface area contributed by atoms with E-state index in [1.165, 1.54) is 5.56 Å². The number of alkyl halides is 2. The number of thiocarbonyl (C=S) groups is 1. The van der Waals surface area contributed by atoms with E-state index in [4.69, 9.17) is 18.0 Å². The van der Waals surface area contributed by atoms with Crippen LogP contribution in [0.5, 0.6) is 0 Å². The van der Waals surface area contributed by atoms with Gasteiger partial charge in [-0.2, -0.15) is 0 Å². The van der Waals surface area contributed by atoms with Gasteiger partial charge in [0, 0.05) is 23.9 Å². The molecule has 5 aliphatic carbocycles. The highest BCUT2D eigenvalue weighted by Crippen LogP contribution is 2.68. The first kappa shape index (κ1) is 21.8. The Hall–Kier alpha value is -1.07. The monoisotopic (exact) mass is 446 g/mol. The first-order valence-corrected chi connectivity index (χ1v) is 12.7. The Bertz CT molecular complexity index is 774. The Morgan fingerprint density at radius 2 is 1.68 bits per heavy atom. The standard InChI is InChI=1S/C26H36F2N2S/c27-23(28)11-10-22-17-12-25(19-4-2-1-3-5-19)13-18(22)15-26(14-17,16-25)24(31)30-21-8-6-20(29)7-9-21/h1-5,17-18,20-23H,6-16,29H2,(H,30,31)/t17?,18?,20-,21-,22?,25?,26?. The molecule has 5 aliphatic rings. The molecule has 0 amide bonds. The minimum Gasteiger partial charge on any atom is -0.376 e. The molecule has 4 bridgehead atoms. The molecule has 0 spiro atoms. The molecule has 5 fully saturated rings. The van der Waals surface area contributed by atoms with Crippen molar-refractivity contribution in [3.05, 3.63) is 35.9 Å². The van der Waals surface area contributed by atoms with E-state index < -0.39 is 6.43 Å². The molecular formula is C26H36F2N2S. The van der Waals surface area contributed by atoms with Crippen molar-refractivity contribution in [2.24, 2.45) is 28.9 Å². The molecule has 0 aromatic heterocycles. The van der Waals surface area contributed by atoms with Gasteiger partial charge >= 0.3 is 0 Å². The zero-order valence-electron chi connectivity index (χ0n) is 18.4. The van der Waals surface area contributed by atoms with Gasteiger partial charge in [0.15, 0.2) is 0 Å². The van der Waals surface area contributed by atoms with Gasteiger partial charge in [-0.15, -0.1) is 0 Å². The molecule has 5 saturated carbocycles. The van der Waals surface area contributed by atoms with Crippen LogP contribution in [0.3, 0.4) is 0 Å². The van der Waals surface area contributed by atoms with E-state index in [0.29, 0.717) is 36.3 Å². The van der Waals surface area contributed by atoms with Crippen molar-refractivity contribution in [3.8, 4) is 0 Å². The predicted octanol–water partition coefficient (Wildman–Crippen LogP) is 5.98. The molecule has 5 heteroatoms. The van der Waals surface area contributed by atoms with E-state index in [1.54, 1.807) is 0 Å². The minimum atomic E-state index is -2.19. The van der Waals surface area contributed by atoms with Crippen LogP contribution in [0.1, 0.15) is 76.2 Å². The summed E-state index contributed by atoms with van der Waals surface area (Å²) < 4.78 is 26.1. The van der Waals surface area contributed by atoms with E-state index in [-0.39, 0.29) is 17.3 Å². The Morgan fingerprint density at radius 3 is 2.29 bits per heavy atom. The van der Waals surface area contributed by atoms with Crippen LogP contribution in [0.2, 0.25) is 0 Å². The van der Waals surface area contributed by atoms with Crippen LogP contribution in [0.4, 0.5) is 8.78 Å². The fraction of sp³-hybridized carbons (Fsp3) is 0.731. The van der Waals surface area contributed by atoms with Crippen molar-refractivity contribution >= 4 is 17.2 Å². The lowest BCUT2D eigenvalue weighted by molar-refractivity contribution is -0.0873. The van der Waals surface area contributed by atoms with Crippen LogP contribution in [0, 0.1) is 23.2 Å². The van der Waals surface area contributed by atoms with E-state index in [1.807, 2.05) is 0 Å². The van der Waals surface area contributed by atoms with Crippen molar-refractivity contribution in [2.75, 3.05) is 0 Å². The molecule has 2 atom stereocenters. The number of hydrogen-bond donors (Lipinski definition) is 2. The molecule has 2 nitrogen and oxygen atoms in total. The summed E-state index contributed by atoms with van der Waals surface area (Å²) in [5, 5.41) is 3.79. The number of halogens is 2. The maximum atomic E-state index is 13.0. The van der Waals surface area contributed by atoms with Gasteiger partial charge in [0.05, 0.1) is 4.99 Å². The largest absolute Gasteiger partial charge is 0.376 e. The van der Waals surface area contributed by atoms with Crippen molar-refractivity contribution in [2.45, 2.75) is 94.6 Å². The summed E-state index contributed by atoms with van der Waals surface area (Å²) in [5.41, 5.74) is 7.75. The lowest BCUT2D eigenvalue weighted by Crippen LogP contribution is -2.62. The highest BCUT2D eigenvalue weighted by atomic mass is 32.1. The maximum Gasteiger partial charge on any atom is 0.238 e. The number of nitrogens with one attached hydrogen (secondary N) is 1. The average molecular weight is 447 g/mol. The second-order valence-electron chi connectivity index (χ2n) is 11.2. The third-order valence-corrected chi connectivity index (χ3v) is 9.74. The normalized spacial score (nSPS) is 41.5. The summed E-state index contributed by atoms with van der Waals surface area (Å²) in [6, 6.07) is 11.7.